The highest BCUT2D eigenvalue weighted by Gasteiger charge is 2.08. The SMILES string of the molecule is CC(C)(N)CCCCS. The monoisotopic (exact) mass is 147 g/mol. The van der Waals surface area contributed by atoms with Crippen LogP contribution < -0.4 is 5.73 Å². The highest BCUT2D eigenvalue weighted by molar-refractivity contribution is 7.80. The molecule has 0 unspecified atom stereocenters. The Hall–Kier alpha value is 0.310. The van der Waals surface area contributed by atoms with Gasteiger partial charge in [0.2, 0.25) is 0 Å². The Morgan fingerprint density at radius 2 is 1.89 bits per heavy atom. The summed E-state index contributed by atoms with van der Waals surface area (Å²) >= 11 is 4.11. The zero-order chi connectivity index (χ0) is 7.33. The predicted octanol–water partition coefficient (Wildman–Crippen LogP) is 1.82. The molecule has 0 radical (unpaired) electrons. The summed E-state index contributed by atoms with van der Waals surface area (Å²) in [4.78, 5) is 0. The lowest BCUT2D eigenvalue weighted by Gasteiger charge is -2.17. The van der Waals surface area contributed by atoms with Crippen molar-refractivity contribution < 1.29 is 0 Å². The maximum absolute atomic E-state index is 5.75. The Labute approximate surface area is 63.4 Å². The van der Waals surface area contributed by atoms with Crippen LogP contribution in [0.4, 0.5) is 0 Å². The van der Waals surface area contributed by atoms with E-state index in [0.29, 0.717) is 0 Å². The van der Waals surface area contributed by atoms with Gasteiger partial charge in [-0.2, -0.15) is 12.6 Å². The van der Waals surface area contributed by atoms with Crippen LogP contribution in [-0.2, 0) is 0 Å². The van der Waals surface area contributed by atoms with Gasteiger partial charge in [-0.25, -0.2) is 0 Å². The molecule has 0 saturated carbocycles. The average molecular weight is 147 g/mol. The van der Waals surface area contributed by atoms with Crippen molar-refractivity contribution in [1.29, 1.82) is 0 Å². The Balaban J connectivity index is 3.07. The van der Waals surface area contributed by atoms with Crippen molar-refractivity contribution >= 4 is 12.6 Å². The first-order chi connectivity index (χ1) is 4.06. The van der Waals surface area contributed by atoms with Crippen LogP contribution in [0.1, 0.15) is 33.1 Å². The minimum Gasteiger partial charge on any atom is -0.326 e. The third-order valence-corrected chi connectivity index (χ3v) is 1.55. The highest BCUT2D eigenvalue weighted by atomic mass is 32.1. The molecule has 0 aliphatic carbocycles. The molecule has 0 rings (SSSR count). The zero-order valence-electron chi connectivity index (χ0n) is 6.35. The largest absolute Gasteiger partial charge is 0.326 e. The molecule has 0 aromatic heterocycles. The Bertz CT molecular complexity index is 65.8. The Morgan fingerprint density at radius 3 is 2.22 bits per heavy atom. The molecule has 1 nitrogen and oxygen atoms in total. The maximum atomic E-state index is 5.75. The minimum absolute atomic E-state index is 0.0168. The fraction of sp³-hybridized carbons (Fsp3) is 1.00. The quantitative estimate of drug-likeness (QED) is 0.460. The predicted molar refractivity (Wildman–Crippen MR) is 46.0 cm³/mol. The molecule has 0 heterocycles. The molecule has 9 heavy (non-hydrogen) atoms. The number of unbranched alkanes of at least 4 members (excludes halogenated alkanes) is 1. The second kappa shape index (κ2) is 4.18. The lowest BCUT2D eigenvalue weighted by Crippen LogP contribution is -2.31. The van der Waals surface area contributed by atoms with E-state index < -0.39 is 0 Å². The molecule has 0 aliphatic rings. The van der Waals surface area contributed by atoms with Crippen LogP contribution in [-0.4, -0.2) is 11.3 Å². The van der Waals surface area contributed by atoms with E-state index in [1.165, 1.54) is 12.8 Å². The summed E-state index contributed by atoms with van der Waals surface area (Å²) in [5, 5.41) is 0. The molecule has 0 atom stereocenters. The minimum atomic E-state index is 0.0168. The van der Waals surface area contributed by atoms with Crippen molar-refractivity contribution in [3.63, 3.8) is 0 Å². The van der Waals surface area contributed by atoms with E-state index in [4.69, 9.17) is 5.73 Å². The number of thiol groups is 1. The van der Waals surface area contributed by atoms with Gasteiger partial charge >= 0.3 is 0 Å². The van der Waals surface area contributed by atoms with Gasteiger partial charge in [-0.3, -0.25) is 0 Å². The molecule has 2 heteroatoms. The van der Waals surface area contributed by atoms with E-state index >= 15 is 0 Å². The summed E-state index contributed by atoms with van der Waals surface area (Å²) < 4.78 is 0. The fourth-order valence-corrected chi connectivity index (χ4v) is 0.916. The zero-order valence-corrected chi connectivity index (χ0v) is 7.25. The second-order valence-electron chi connectivity index (χ2n) is 3.17. The molecule has 0 amide bonds. The number of hydrogen-bond donors (Lipinski definition) is 2. The number of nitrogens with two attached hydrogens (primary N) is 1. The van der Waals surface area contributed by atoms with Crippen LogP contribution in [0.5, 0.6) is 0 Å². The van der Waals surface area contributed by atoms with Gasteiger partial charge in [0.1, 0.15) is 0 Å². The van der Waals surface area contributed by atoms with Gasteiger partial charge in [0, 0.05) is 5.54 Å². The van der Waals surface area contributed by atoms with Crippen molar-refractivity contribution in [3.8, 4) is 0 Å². The molecule has 0 aliphatic heterocycles. The molecule has 0 fully saturated rings. The fourth-order valence-electron chi connectivity index (χ4n) is 0.692. The first kappa shape index (κ1) is 9.31. The topological polar surface area (TPSA) is 26.0 Å². The van der Waals surface area contributed by atoms with Crippen LogP contribution in [0.3, 0.4) is 0 Å². The summed E-state index contributed by atoms with van der Waals surface area (Å²) in [6.45, 7) is 4.12. The van der Waals surface area contributed by atoms with Crippen LogP contribution in [0.2, 0.25) is 0 Å². The smallest absolute Gasteiger partial charge is 0.00970 e. The molecule has 2 N–H and O–H groups in total. The van der Waals surface area contributed by atoms with Crippen molar-refractivity contribution in [3.05, 3.63) is 0 Å². The standard InChI is InChI=1S/C7H17NS/c1-7(2,8)5-3-4-6-9/h9H,3-6,8H2,1-2H3. The number of rotatable bonds is 4. The molecule has 0 bridgehead atoms. The maximum Gasteiger partial charge on any atom is 0.00970 e. The molecular weight excluding hydrogens is 130 g/mol. The molecule has 0 aromatic carbocycles. The second-order valence-corrected chi connectivity index (χ2v) is 3.62. The van der Waals surface area contributed by atoms with Crippen molar-refractivity contribution in [2.24, 2.45) is 5.73 Å². The van der Waals surface area contributed by atoms with Gasteiger partial charge in [-0.05, 0) is 32.4 Å². The Kier molecular flexibility index (Phi) is 4.32. The first-order valence-corrected chi connectivity index (χ1v) is 4.09. The highest BCUT2D eigenvalue weighted by Crippen LogP contribution is 2.08. The summed E-state index contributed by atoms with van der Waals surface area (Å²) in [5.74, 6) is 0.982. The van der Waals surface area contributed by atoms with E-state index in [1.54, 1.807) is 0 Å². The van der Waals surface area contributed by atoms with Crippen molar-refractivity contribution in [2.75, 3.05) is 5.75 Å². The Morgan fingerprint density at radius 1 is 1.33 bits per heavy atom. The van der Waals surface area contributed by atoms with Gasteiger partial charge < -0.3 is 5.73 Å². The van der Waals surface area contributed by atoms with E-state index in [2.05, 4.69) is 26.5 Å². The summed E-state index contributed by atoms with van der Waals surface area (Å²) in [7, 11) is 0. The lowest BCUT2D eigenvalue weighted by molar-refractivity contribution is 0.457. The lowest BCUT2D eigenvalue weighted by atomic mass is 9.99. The molecular formula is C7H17NS. The summed E-state index contributed by atoms with van der Waals surface area (Å²) in [5.41, 5.74) is 5.77. The molecule has 0 spiro atoms. The third kappa shape index (κ3) is 8.31. The van der Waals surface area contributed by atoms with Crippen LogP contribution >= 0.6 is 12.6 Å². The molecule has 56 valence electrons. The van der Waals surface area contributed by atoms with E-state index in [1.807, 2.05) is 0 Å². The first-order valence-electron chi connectivity index (χ1n) is 3.46. The normalized spacial score (nSPS) is 12.0. The van der Waals surface area contributed by atoms with Gasteiger partial charge in [-0.15, -0.1) is 0 Å². The van der Waals surface area contributed by atoms with Crippen LogP contribution in [0, 0.1) is 0 Å². The van der Waals surface area contributed by atoms with E-state index in [0.717, 1.165) is 12.2 Å². The van der Waals surface area contributed by atoms with Crippen molar-refractivity contribution in [2.45, 2.75) is 38.6 Å². The van der Waals surface area contributed by atoms with Gasteiger partial charge in [0.05, 0.1) is 0 Å². The molecule has 0 aromatic rings. The summed E-state index contributed by atoms with van der Waals surface area (Å²) in [6.07, 6.45) is 3.49. The number of hydrogen-bond acceptors (Lipinski definition) is 2. The van der Waals surface area contributed by atoms with Crippen LogP contribution in [0.15, 0.2) is 0 Å². The van der Waals surface area contributed by atoms with E-state index in [-0.39, 0.29) is 5.54 Å². The van der Waals surface area contributed by atoms with Gasteiger partial charge in [0.25, 0.3) is 0 Å². The third-order valence-electron chi connectivity index (χ3n) is 1.23. The van der Waals surface area contributed by atoms with Crippen LogP contribution in [0.25, 0.3) is 0 Å². The average Bonchev–Trinajstić information content (AvgIpc) is 1.63. The van der Waals surface area contributed by atoms with Gasteiger partial charge in [0.15, 0.2) is 0 Å². The van der Waals surface area contributed by atoms with Crippen molar-refractivity contribution in [1.82, 2.24) is 0 Å². The summed E-state index contributed by atoms with van der Waals surface area (Å²) in [6, 6.07) is 0. The molecule has 0 saturated heterocycles. The van der Waals surface area contributed by atoms with Gasteiger partial charge in [-0.1, -0.05) is 6.42 Å². The van der Waals surface area contributed by atoms with E-state index in [9.17, 15) is 0 Å².